The summed E-state index contributed by atoms with van der Waals surface area (Å²) in [6.07, 6.45) is -8.38. The smallest absolute Gasteiger partial charge is 0.344 e. The summed E-state index contributed by atoms with van der Waals surface area (Å²) in [5, 5.41) is 1.70. The molecule has 1 aliphatic heterocycles. The summed E-state index contributed by atoms with van der Waals surface area (Å²) in [4.78, 5) is 28.7. The number of benzene rings is 5. The Morgan fingerprint density at radius 1 is 0.638 bits per heavy atom. The first-order valence-corrected chi connectivity index (χ1v) is 14.7. The van der Waals surface area contributed by atoms with E-state index in [-0.39, 0.29) is 34.3 Å². The number of alkyl halides is 6. The number of Topliss-reactive ketones (excluding diaryl/α,β-unsaturated/α-hetero) is 2. The molecular weight excluding hydrogens is 616 g/mol. The van der Waals surface area contributed by atoms with E-state index in [1.54, 1.807) is 36.4 Å². The highest BCUT2D eigenvalue weighted by atomic mass is 19.4. The molecule has 0 bridgehead atoms. The van der Waals surface area contributed by atoms with Crippen LogP contribution in [0.3, 0.4) is 0 Å². The fraction of sp³-hybridized carbons (Fsp3) is 0.158. The van der Waals surface area contributed by atoms with E-state index in [1.807, 2.05) is 62.2 Å². The van der Waals surface area contributed by atoms with E-state index in [4.69, 9.17) is 0 Å². The average Bonchev–Trinajstić information content (AvgIpc) is 3.25. The zero-order valence-corrected chi connectivity index (χ0v) is 25.3. The van der Waals surface area contributed by atoms with Crippen molar-refractivity contribution in [3.05, 3.63) is 136 Å². The minimum Gasteiger partial charge on any atom is -0.344 e. The fourth-order valence-corrected chi connectivity index (χ4v) is 6.72. The molecule has 5 aromatic carbocycles. The third kappa shape index (κ3) is 4.83. The maximum atomic E-state index is 14.0. The lowest BCUT2D eigenvalue weighted by Crippen LogP contribution is -2.31. The highest BCUT2D eigenvalue weighted by Crippen LogP contribution is 2.50. The van der Waals surface area contributed by atoms with Crippen LogP contribution in [-0.2, 0) is 17.8 Å². The van der Waals surface area contributed by atoms with Crippen LogP contribution in [0.1, 0.15) is 62.4 Å². The molecule has 2 aliphatic rings. The van der Waals surface area contributed by atoms with Gasteiger partial charge in [-0.25, -0.2) is 0 Å². The van der Waals surface area contributed by atoms with Crippen molar-refractivity contribution in [1.82, 2.24) is 0 Å². The molecule has 0 radical (unpaired) electrons. The number of allylic oxidation sites excluding steroid dienone is 1. The number of ketones is 2. The normalized spacial score (nSPS) is 15.5. The lowest BCUT2D eigenvalue weighted by Gasteiger charge is -2.41. The van der Waals surface area contributed by atoms with E-state index in [0.29, 0.717) is 28.3 Å². The number of hydrogen-bond acceptors (Lipinski definition) is 3. The maximum absolute atomic E-state index is 14.0. The van der Waals surface area contributed by atoms with E-state index >= 15 is 0 Å². The minimum atomic E-state index is -5.02. The van der Waals surface area contributed by atoms with Crippen LogP contribution in [0, 0.1) is 0 Å². The number of anilines is 2. The predicted molar refractivity (Wildman–Crippen MR) is 169 cm³/mol. The molecule has 0 N–H and O–H groups in total. The van der Waals surface area contributed by atoms with Gasteiger partial charge in [0, 0.05) is 35.0 Å². The second kappa shape index (κ2) is 10.2. The standard InChI is InChI=1S/C38H25F6NO2/c1-36(2)30-15-20(14-28-34(46)26-16-21-6-4-5-7-22(21)17-27(26)35(28)47)8-12-32(30)45(3)33-13-9-23(18-31(33)36)25-11-10-24(37(39,40)41)19-29(25)38(42,43)44/h4-19H,1-3H3. The number of rotatable bonds is 2. The summed E-state index contributed by atoms with van der Waals surface area (Å²) in [6.45, 7) is 3.81. The van der Waals surface area contributed by atoms with Crippen LogP contribution >= 0.6 is 0 Å². The molecule has 9 heteroatoms. The fourth-order valence-electron chi connectivity index (χ4n) is 6.72. The number of carbonyl (C=O) groups excluding carboxylic acids is 2. The van der Waals surface area contributed by atoms with Gasteiger partial charge in [0.1, 0.15) is 0 Å². The summed E-state index contributed by atoms with van der Waals surface area (Å²) < 4.78 is 82.1. The van der Waals surface area contributed by atoms with Crippen LogP contribution in [0.15, 0.2) is 96.6 Å². The molecule has 1 aliphatic carbocycles. The first-order chi connectivity index (χ1) is 22.1. The SMILES string of the molecule is CN1c2ccc(C=C3C(=O)c4cc5ccccc5cc4C3=O)cc2C(C)(C)c2cc(-c3ccc(C(F)(F)F)cc3C(F)(F)F)ccc21. The Kier molecular flexibility index (Phi) is 6.59. The summed E-state index contributed by atoms with van der Waals surface area (Å²) in [5.41, 5.74) is 0.574. The molecule has 0 spiro atoms. The Labute approximate surface area is 265 Å². The Hall–Kier alpha value is -5.18. The van der Waals surface area contributed by atoms with Crippen molar-refractivity contribution < 1.29 is 35.9 Å². The quantitative estimate of drug-likeness (QED) is 0.109. The zero-order chi connectivity index (χ0) is 33.6. The third-order valence-corrected chi connectivity index (χ3v) is 9.23. The van der Waals surface area contributed by atoms with Crippen molar-refractivity contribution >= 4 is 39.8 Å². The number of halogens is 6. The first-order valence-electron chi connectivity index (χ1n) is 14.7. The van der Waals surface area contributed by atoms with Crippen LogP contribution in [0.2, 0.25) is 0 Å². The van der Waals surface area contributed by atoms with E-state index in [1.165, 1.54) is 6.07 Å². The Bertz CT molecular complexity index is 2150. The van der Waals surface area contributed by atoms with Crippen molar-refractivity contribution in [1.29, 1.82) is 0 Å². The molecule has 0 aromatic heterocycles. The maximum Gasteiger partial charge on any atom is 0.417 e. The molecule has 47 heavy (non-hydrogen) atoms. The van der Waals surface area contributed by atoms with Gasteiger partial charge >= 0.3 is 12.4 Å². The van der Waals surface area contributed by atoms with Crippen molar-refractivity contribution in [2.75, 3.05) is 11.9 Å². The second-order valence-corrected chi connectivity index (χ2v) is 12.4. The molecule has 5 aromatic rings. The second-order valence-electron chi connectivity index (χ2n) is 12.4. The molecular formula is C38H25F6NO2. The first kappa shape index (κ1) is 30.5. The Morgan fingerprint density at radius 2 is 1.21 bits per heavy atom. The van der Waals surface area contributed by atoms with Crippen molar-refractivity contribution in [3.63, 3.8) is 0 Å². The monoisotopic (exact) mass is 641 g/mol. The summed E-state index contributed by atoms with van der Waals surface area (Å²) in [5.74, 6) is -0.728. The summed E-state index contributed by atoms with van der Waals surface area (Å²) >= 11 is 0. The van der Waals surface area contributed by atoms with Crippen molar-refractivity contribution in [2.45, 2.75) is 31.6 Å². The molecule has 0 saturated carbocycles. The van der Waals surface area contributed by atoms with Crippen molar-refractivity contribution in [2.24, 2.45) is 0 Å². The average molecular weight is 642 g/mol. The van der Waals surface area contributed by atoms with E-state index in [2.05, 4.69) is 0 Å². The van der Waals surface area contributed by atoms with Crippen LogP contribution in [-0.4, -0.2) is 18.6 Å². The molecule has 3 nitrogen and oxygen atoms in total. The highest BCUT2D eigenvalue weighted by molar-refractivity contribution is 6.42. The molecule has 236 valence electrons. The third-order valence-electron chi connectivity index (χ3n) is 9.23. The van der Waals surface area contributed by atoms with Gasteiger partial charge < -0.3 is 4.90 Å². The number of nitrogens with zero attached hydrogens (tertiary/aromatic N) is 1. The van der Waals surface area contributed by atoms with Crippen LogP contribution in [0.4, 0.5) is 37.7 Å². The summed E-state index contributed by atoms with van der Waals surface area (Å²) in [7, 11) is 1.81. The van der Waals surface area contributed by atoms with Crippen LogP contribution in [0.5, 0.6) is 0 Å². The molecule has 0 unspecified atom stereocenters. The highest BCUT2D eigenvalue weighted by Gasteiger charge is 2.40. The molecule has 0 fully saturated rings. The molecule has 0 saturated heterocycles. The van der Waals surface area contributed by atoms with Gasteiger partial charge in [0.05, 0.1) is 16.7 Å². The van der Waals surface area contributed by atoms with Gasteiger partial charge in [-0.1, -0.05) is 56.3 Å². The van der Waals surface area contributed by atoms with Gasteiger partial charge in [-0.3, -0.25) is 9.59 Å². The van der Waals surface area contributed by atoms with Gasteiger partial charge in [-0.15, -0.1) is 0 Å². The lowest BCUT2D eigenvalue weighted by atomic mass is 9.72. The van der Waals surface area contributed by atoms with Crippen molar-refractivity contribution in [3.8, 4) is 11.1 Å². The van der Waals surface area contributed by atoms with E-state index in [9.17, 15) is 35.9 Å². The predicted octanol–water partition coefficient (Wildman–Crippen LogP) is 10.4. The minimum absolute atomic E-state index is 0.0434. The Morgan fingerprint density at radius 3 is 1.79 bits per heavy atom. The Balaban J connectivity index is 1.30. The molecule has 1 heterocycles. The van der Waals surface area contributed by atoms with Gasteiger partial charge in [-0.2, -0.15) is 26.3 Å². The molecule has 7 rings (SSSR count). The van der Waals surface area contributed by atoms with Gasteiger partial charge in [0.25, 0.3) is 0 Å². The van der Waals surface area contributed by atoms with Crippen LogP contribution in [0.25, 0.3) is 28.0 Å². The van der Waals surface area contributed by atoms with Gasteiger partial charge in [-0.05, 0) is 93.2 Å². The topological polar surface area (TPSA) is 37.4 Å². The number of fused-ring (bicyclic) bond motifs is 4. The zero-order valence-electron chi connectivity index (χ0n) is 25.3. The largest absolute Gasteiger partial charge is 0.417 e. The molecule has 0 atom stereocenters. The lowest BCUT2D eigenvalue weighted by molar-refractivity contribution is -0.142. The number of hydrogen-bond donors (Lipinski definition) is 0. The molecule has 0 amide bonds. The number of carbonyl (C=O) groups is 2. The van der Waals surface area contributed by atoms with Gasteiger partial charge in [0.2, 0.25) is 0 Å². The van der Waals surface area contributed by atoms with Gasteiger partial charge in [0.15, 0.2) is 11.6 Å². The van der Waals surface area contributed by atoms with E-state index in [0.717, 1.165) is 33.8 Å². The van der Waals surface area contributed by atoms with Crippen LogP contribution < -0.4 is 4.90 Å². The summed E-state index contributed by atoms with van der Waals surface area (Å²) in [6, 6.07) is 22.8. The van der Waals surface area contributed by atoms with E-state index < -0.39 is 28.9 Å².